The van der Waals surface area contributed by atoms with Crippen molar-refractivity contribution in [3.8, 4) is 11.4 Å². The summed E-state index contributed by atoms with van der Waals surface area (Å²) in [7, 11) is 0. The third kappa shape index (κ3) is 2.72. The van der Waals surface area contributed by atoms with Crippen LogP contribution in [0.5, 0.6) is 0 Å². The molecule has 1 aliphatic rings. The summed E-state index contributed by atoms with van der Waals surface area (Å²) >= 11 is 0. The molecule has 0 aliphatic heterocycles. The molecular formula is C14H17F2N5. The van der Waals surface area contributed by atoms with Crippen LogP contribution in [0.3, 0.4) is 0 Å². The summed E-state index contributed by atoms with van der Waals surface area (Å²) < 4.78 is 28.9. The number of halogens is 2. The molecule has 1 atom stereocenters. The Hall–Kier alpha value is -2.05. The molecule has 1 aromatic heterocycles. The smallest absolute Gasteiger partial charge is 0.185 e. The average Bonchev–Trinajstić information content (AvgIpc) is 3.15. The summed E-state index contributed by atoms with van der Waals surface area (Å²) in [5, 5.41) is 11.5. The van der Waals surface area contributed by atoms with Crippen molar-refractivity contribution >= 4 is 5.69 Å². The molecule has 21 heavy (non-hydrogen) atoms. The molecular weight excluding hydrogens is 276 g/mol. The van der Waals surface area contributed by atoms with Crippen LogP contribution in [0, 0.1) is 17.6 Å². The summed E-state index contributed by atoms with van der Waals surface area (Å²) in [4.78, 5) is 0. The second-order valence-corrected chi connectivity index (χ2v) is 5.54. The van der Waals surface area contributed by atoms with E-state index in [0.717, 1.165) is 18.9 Å². The molecule has 1 aromatic carbocycles. The van der Waals surface area contributed by atoms with Gasteiger partial charge in [-0.1, -0.05) is 19.8 Å². The first kappa shape index (κ1) is 13.9. The van der Waals surface area contributed by atoms with E-state index in [1.54, 1.807) is 4.68 Å². The molecule has 2 N–H and O–H groups in total. The third-order valence-electron chi connectivity index (χ3n) is 3.94. The van der Waals surface area contributed by atoms with Gasteiger partial charge in [0.1, 0.15) is 11.6 Å². The zero-order chi connectivity index (χ0) is 15.0. The first-order valence-corrected chi connectivity index (χ1v) is 7.13. The molecule has 0 amide bonds. The highest BCUT2D eigenvalue weighted by atomic mass is 19.1. The van der Waals surface area contributed by atoms with Crippen LogP contribution in [0.25, 0.3) is 11.4 Å². The standard InChI is InChI=1S/C14H17F2N5/c1-2-9(5-8-3-4-8)21-14(18-19-20-21)10-6-13(17)12(16)7-11(10)15/h6-9H,2-5,17H2,1H3. The second-order valence-electron chi connectivity index (χ2n) is 5.54. The van der Waals surface area contributed by atoms with E-state index in [1.165, 1.54) is 18.9 Å². The minimum Gasteiger partial charge on any atom is -0.396 e. The first-order chi connectivity index (χ1) is 10.1. The summed E-state index contributed by atoms with van der Waals surface area (Å²) in [6.07, 6.45) is 4.29. The highest BCUT2D eigenvalue weighted by Crippen LogP contribution is 2.38. The number of hydrogen-bond donors (Lipinski definition) is 1. The van der Waals surface area contributed by atoms with E-state index < -0.39 is 11.6 Å². The number of hydrogen-bond acceptors (Lipinski definition) is 4. The van der Waals surface area contributed by atoms with E-state index in [9.17, 15) is 8.78 Å². The maximum absolute atomic E-state index is 14.0. The van der Waals surface area contributed by atoms with Gasteiger partial charge < -0.3 is 5.73 Å². The largest absolute Gasteiger partial charge is 0.396 e. The molecule has 1 heterocycles. The van der Waals surface area contributed by atoms with E-state index in [4.69, 9.17) is 5.73 Å². The lowest BCUT2D eigenvalue weighted by molar-refractivity contribution is 0.388. The summed E-state index contributed by atoms with van der Waals surface area (Å²) in [6, 6.07) is 2.13. The predicted molar refractivity (Wildman–Crippen MR) is 74.3 cm³/mol. The average molecular weight is 293 g/mol. The van der Waals surface area contributed by atoms with Crippen molar-refractivity contribution in [1.82, 2.24) is 20.2 Å². The lowest BCUT2D eigenvalue weighted by Crippen LogP contribution is -2.13. The molecule has 0 radical (unpaired) electrons. The molecule has 0 spiro atoms. The lowest BCUT2D eigenvalue weighted by atomic mass is 10.1. The molecule has 0 bridgehead atoms. The Morgan fingerprint density at radius 1 is 1.33 bits per heavy atom. The normalized spacial score (nSPS) is 16.1. The zero-order valence-electron chi connectivity index (χ0n) is 11.8. The molecule has 1 fully saturated rings. The second kappa shape index (κ2) is 5.38. The summed E-state index contributed by atoms with van der Waals surface area (Å²) in [5.41, 5.74) is 5.54. The Kier molecular flexibility index (Phi) is 3.57. The van der Waals surface area contributed by atoms with Gasteiger partial charge in [0.15, 0.2) is 5.82 Å². The van der Waals surface area contributed by atoms with Crippen LogP contribution in [0.2, 0.25) is 0 Å². The third-order valence-corrected chi connectivity index (χ3v) is 3.94. The van der Waals surface area contributed by atoms with Gasteiger partial charge in [-0.2, -0.15) is 0 Å². The number of anilines is 1. The topological polar surface area (TPSA) is 69.6 Å². The van der Waals surface area contributed by atoms with E-state index in [0.29, 0.717) is 11.7 Å². The highest BCUT2D eigenvalue weighted by molar-refractivity contribution is 5.62. The number of nitrogens with zero attached hydrogens (tertiary/aromatic N) is 4. The van der Waals surface area contributed by atoms with Crippen molar-refractivity contribution in [2.24, 2.45) is 5.92 Å². The molecule has 1 saturated carbocycles. The number of rotatable bonds is 5. The van der Waals surface area contributed by atoms with Gasteiger partial charge in [0.25, 0.3) is 0 Å². The summed E-state index contributed by atoms with van der Waals surface area (Å²) in [5.74, 6) is -0.485. The number of nitrogens with two attached hydrogens (primary N) is 1. The van der Waals surface area contributed by atoms with E-state index in [2.05, 4.69) is 15.5 Å². The Morgan fingerprint density at radius 3 is 2.76 bits per heavy atom. The van der Waals surface area contributed by atoms with Crippen molar-refractivity contribution in [2.75, 3.05) is 5.73 Å². The van der Waals surface area contributed by atoms with E-state index >= 15 is 0 Å². The van der Waals surface area contributed by atoms with Gasteiger partial charge in [-0.15, -0.1) is 5.10 Å². The van der Waals surface area contributed by atoms with Crippen molar-refractivity contribution < 1.29 is 8.78 Å². The Morgan fingerprint density at radius 2 is 2.10 bits per heavy atom. The van der Waals surface area contributed by atoms with Gasteiger partial charge in [-0.25, -0.2) is 13.5 Å². The van der Waals surface area contributed by atoms with Gasteiger partial charge in [0, 0.05) is 6.07 Å². The van der Waals surface area contributed by atoms with Gasteiger partial charge in [0.2, 0.25) is 0 Å². The van der Waals surface area contributed by atoms with E-state index in [1.807, 2.05) is 6.92 Å². The fourth-order valence-electron chi connectivity index (χ4n) is 2.53. The maximum Gasteiger partial charge on any atom is 0.185 e. The zero-order valence-corrected chi connectivity index (χ0v) is 11.8. The van der Waals surface area contributed by atoms with E-state index in [-0.39, 0.29) is 17.3 Å². The molecule has 5 nitrogen and oxygen atoms in total. The molecule has 1 unspecified atom stereocenters. The predicted octanol–water partition coefficient (Wildman–Crippen LogP) is 2.95. The Balaban J connectivity index is 1.99. The number of aromatic nitrogens is 4. The van der Waals surface area contributed by atoms with Gasteiger partial charge >= 0.3 is 0 Å². The van der Waals surface area contributed by atoms with Crippen LogP contribution >= 0.6 is 0 Å². The fourth-order valence-corrected chi connectivity index (χ4v) is 2.53. The quantitative estimate of drug-likeness (QED) is 0.860. The van der Waals surface area contributed by atoms with Crippen LogP contribution in [0.1, 0.15) is 38.6 Å². The monoisotopic (exact) mass is 293 g/mol. The molecule has 1 aliphatic carbocycles. The number of benzene rings is 1. The molecule has 3 rings (SSSR count). The van der Waals surface area contributed by atoms with Crippen molar-refractivity contribution in [3.05, 3.63) is 23.8 Å². The van der Waals surface area contributed by atoms with Gasteiger partial charge in [-0.3, -0.25) is 0 Å². The fraction of sp³-hybridized carbons (Fsp3) is 0.500. The van der Waals surface area contributed by atoms with Crippen LogP contribution in [0.4, 0.5) is 14.5 Å². The molecule has 112 valence electrons. The van der Waals surface area contributed by atoms with Crippen molar-refractivity contribution in [2.45, 2.75) is 38.6 Å². The summed E-state index contributed by atoms with van der Waals surface area (Å²) in [6.45, 7) is 2.05. The molecule has 7 heteroatoms. The van der Waals surface area contributed by atoms with Gasteiger partial charge in [0.05, 0.1) is 17.3 Å². The van der Waals surface area contributed by atoms with Crippen molar-refractivity contribution in [1.29, 1.82) is 0 Å². The lowest BCUT2D eigenvalue weighted by Gasteiger charge is -2.16. The number of tetrazole rings is 1. The maximum atomic E-state index is 14.0. The molecule has 2 aromatic rings. The van der Waals surface area contributed by atoms with Crippen LogP contribution < -0.4 is 5.73 Å². The Labute approximate surface area is 121 Å². The minimum atomic E-state index is -0.778. The minimum absolute atomic E-state index is 0.115. The van der Waals surface area contributed by atoms with Gasteiger partial charge in [-0.05, 0) is 35.3 Å². The van der Waals surface area contributed by atoms with Crippen LogP contribution in [-0.4, -0.2) is 20.2 Å². The van der Waals surface area contributed by atoms with Crippen LogP contribution in [0.15, 0.2) is 12.1 Å². The van der Waals surface area contributed by atoms with Crippen LogP contribution in [-0.2, 0) is 0 Å². The number of nitrogen functional groups attached to an aromatic ring is 1. The first-order valence-electron chi connectivity index (χ1n) is 7.13. The SMILES string of the molecule is CCC(CC1CC1)n1nnnc1-c1cc(N)c(F)cc1F. The Bertz CT molecular complexity index is 651. The highest BCUT2D eigenvalue weighted by Gasteiger charge is 2.28. The molecule has 0 saturated heterocycles. The van der Waals surface area contributed by atoms with Crippen molar-refractivity contribution in [3.63, 3.8) is 0 Å².